The van der Waals surface area contributed by atoms with E-state index in [1.807, 2.05) is 19.2 Å². The van der Waals surface area contributed by atoms with E-state index >= 15 is 0 Å². The number of rotatable bonds is 2. The number of fused-ring (bicyclic) bond motifs is 3. The summed E-state index contributed by atoms with van der Waals surface area (Å²) in [7, 11) is 1.87. The molecule has 2 aliphatic rings. The van der Waals surface area contributed by atoms with Gasteiger partial charge in [0.1, 0.15) is 6.10 Å². The summed E-state index contributed by atoms with van der Waals surface area (Å²) < 4.78 is 16.5. The van der Waals surface area contributed by atoms with Crippen LogP contribution in [0.1, 0.15) is 23.3 Å². The Morgan fingerprint density at radius 3 is 3.12 bits per heavy atom. The van der Waals surface area contributed by atoms with E-state index < -0.39 is 6.10 Å². The van der Waals surface area contributed by atoms with Crippen LogP contribution >= 0.6 is 0 Å². The topological polar surface area (TPSA) is 60.0 Å². The molecular formula is C12H15NO4. The lowest BCUT2D eigenvalue weighted by Gasteiger charge is -2.30. The predicted molar refractivity (Wildman–Crippen MR) is 60.1 cm³/mol. The fourth-order valence-corrected chi connectivity index (χ4v) is 2.36. The molecule has 0 aromatic heterocycles. The largest absolute Gasteiger partial charge is 0.454 e. The van der Waals surface area contributed by atoms with Gasteiger partial charge in [0.05, 0.1) is 12.7 Å². The zero-order chi connectivity index (χ0) is 11.8. The fraction of sp³-hybridized carbons (Fsp3) is 0.500. The Labute approximate surface area is 99.3 Å². The van der Waals surface area contributed by atoms with Crippen LogP contribution in [0.3, 0.4) is 0 Å². The Bertz CT molecular complexity index is 435. The van der Waals surface area contributed by atoms with E-state index in [0.717, 1.165) is 16.9 Å². The highest BCUT2D eigenvalue weighted by atomic mass is 16.7. The molecule has 0 spiro atoms. The molecule has 5 heteroatoms. The van der Waals surface area contributed by atoms with E-state index in [0.29, 0.717) is 18.9 Å². The zero-order valence-electron chi connectivity index (χ0n) is 9.60. The van der Waals surface area contributed by atoms with Gasteiger partial charge in [0.2, 0.25) is 6.79 Å². The summed E-state index contributed by atoms with van der Waals surface area (Å²) in [6, 6.07) is 3.73. The average molecular weight is 237 g/mol. The molecule has 0 bridgehead atoms. The van der Waals surface area contributed by atoms with Crippen molar-refractivity contribution in [2.24, 2.45) is 0 Å². The third-order valence-electron chi connectivity index (χ3n) is 3.14. The van der Waals surface area contributed by atoms with E-state index in [1.54, 1.807) is 0 Å². The molecule has 3 rings (SSSR count). The smallest absolute Gasteiger partial charge is 0.231 e. The maximum absolute atomic E-state index is 9.94. The van der Waals surface area contributed by atoms with Crippen molar-refractivity contribution in [2.45, 2.75) is 12.2 Å². The van der Waals surface area contributed by atoms with Crippen LogP contribution in [0.2, 0.25) is 0 Å². The van der Waals surface area contributed by atoms with Crippen LogP contribution in [0, 0.1) is 0 Å². The van der Waals surface area contributed by atoms with Crippen LogP contribution < -0.4 is 14.8 Å². The minimum atomic E-state index is -0.590. The van der Waals surface area contributed by atoms with Gasteiger partial charge in [0, 0.05) is 12.1 Å². The van der Waals surface area contributed by atoms with Crippen LogP contribution in [0.25, 0.3) is 0 Å². The molecule has 17 heavy (non-hydrogen) atoms. The standard InChI is InChI=1S/C12H15NO4/c1-13-4-10-11-7(8(14)5-15-10)2-3-9-12(11)17-6-16-9/h2-3,8,10,13-14H,4-6H2,1H3/t8-,10-/m0/s1. The minimum absolute atomic E-state index is 0.102. The molecule has 2 heterocycles. The number of aliphatic hydroxyl groups is 1. The van der Waals surface area contributed by atoms with Crippen LogP contribution in [-0.4, -0.2) is 32.1 Å². The van der Waals surface area contributed by atoms with E-state index in [9.17, 15) is 5.11 Å². The predicted octanol–water partition coefficient (Wildman–Crippen LogP) is 0.739. The van der Waals surface area contributed by atoms with Crippen molar-refractivity contribution < 1.29 is 19.3 Å². The highest BCUT2D eigenvalue weighted by molar-refractivity contribution is 5.54. The molecule has 5 nitrogen and oxygen atoms in total. The maximum atomic E-state index is 9.94. The van der Waals surface area contributed by atoms with Crippen molar-refractivity contribution in [2.75, 3.05) is 27.0 Å². The summed E-state index contributed by atoms with van der Waals surface area (Å²) >= 11 is 0. The molecule has 0 radical (unpaired) electrons. The van der Waals surface area contributed by atoms with Gasteiger partial charge >= 0.3 is 0 Å². The summed E-state index contributed by atoms with van der Waals surface area (Å²) in [4.78, 5) is 0. The summed E-state index contributed by atoms with van der Waals surface area (Å²) in [5, 5.41) is 13.0. The second kappa shape index (κ2) is 4.18. The van der Waals surface area contributed by atoms with Gasteiger partial charge in [-0.2, -0.15) is 0 Å². The molecule has 2 N–H and O–H groups in total. The van der Waals surface area contributed by atoms with E-state index in [2.05, 4.69) is 5.32 Å². The first kappa shape index (κ1) is 10.8. The van der Waals surface area contributed by atoms with Crippen molar-refractivity contribution in [3.63, 3.8) is 0 Å². The molecule has 2 atom stereocenters. The summed E-state index contributed by atoms with van der Waals surface area (Å²) in [6.45, 7) is 1.23. The highest BCUT2D eigenvalue weighted by Crippen LogP contribution is 2.45. The summed E-state index contributed by atoms with van der Waals surface area (Å²) in [6.07, 6.45) is -0.692. The van der Waals surface area contributed by atoms with Crippen LogP contribution in [0.5, 0.6) is 11.5 Å². The molecule has 92 valence electrons. The molecule has 2 aliphatic heterocycles. The van der Waals surface area contributed by atoms with Crippen LogP contribution in [0.4, 0.5) is 0 Å². The quantitative estimate of drug-likeness (QED) is 0.794. The third kappa shape index (κ3) is 1.67. The Balaban J connectivity index is 2.09. The lowest BCUT2D eigenvalue weighted by Crippen LogP contribution is -2.28. The number of hydrogen-bond donors (Lipinski definition) is 2. The Kier molecular flexibility index (Phi) is 2.66. The number of ether oxygens (including phenoxy) is 3. The number of hydrogen-bond acceptors (Lipinski definition) is 5. The highest BCUT2D eigenvalue weighted by Gasteiger charge is 2.33. The van der Waals surface area contributed by atoms with Crippen molar-refractivity contribution >= 4 is 0 Å². The molecule has 1 aromatic carbocycles. The fourth-order valence-electron chi connectivity index (χ4n) is 2.36. The van der Waals surface area contributed by atoms with E-state index in [4.69, 9.17) is 14.2 Å². The van der Waals surface area contributed by atoms with Gasteiger partial charge in [-0.15, -0.1) is 0 Å². The van der Waals surface area contributed by atoms with Crippen molar-refractivity contribution in [3.05, 3.63) is 23.3 Å². The molecule has 0 unspecified atom stereocenters. The lowest BCUT2D eigenvalue weighted by atomic mass is 9.94. The number of benzene rings is 1. The minimum Gasteiger partial charge on any atom is -0.454 e. The van der Waals surface area contributed by atoms with Gasteiger partial charge in [-0.1, -0.05) is 6.07 Å². The van der Waals surface area contributed by atoms with Gasteiger partial charge in [-0.05, 0) is 18.7 Å². The molecule has 1 aromatic rings. The Morgan fingerprint density at radius 1 is 1.41 bits per heavy atom. The lowest BCUT2D eigenvalue weighted by molar-refractivity contribution is -0.0301. The van der Waals surface area contributed by atoms with Gasteiger partial charge < -0.3 is 24.6 Å². The Morgan fingerprint density at radius 2 is 2.29 bits per heavy atom. The monoisotopic (exact) mass is 237 g/mol. The second-order valence-electron chi connectivity index (χ2n) is 4.20. The first-order valence-corrected chi connectivity index (χ1v) is 5.68. The SMILES string of the molecule is CNC[C@@H]1OC[C@H](O)c2ccc3c(c21)OCO3. The van der Waals surface area contributed by atoms with Crippen molar-refractivity contribution in [1.29, 1.82) is 0 Å². The van der Waals surface area contributed by atoms with Gasteiger partial charge in [0.15, 0.2) is 11.5 Å². The molecule has 0 saturated carbocycles. The number of likely N-dealkylation sites (N-methyl/N-ethyl adjacent to an activating group) is 1. The normalized spacial score (nSPS) is 25.8. The van der Waals surface area contributed by atoms with Gasteiger partial charge in [-0.25, -0.2) is 0 Å². The first-order chi connectivity index (χ1) is 8.31. The zero-order valence-corrected chi connectivity index (χ0v) is 9.60. The van der Waals surface area contributed by atoms with Gasteiger partial charge in [0.25, 0.3) is 0 Å². The van der Waals surface area contributed by atoms with E-state index in [1.165, 1.54) is 0 Å². The second-order valence-corrected chi connectivity index (χ2v) is 4.20. The summed E-state index contributed by atoms with van der Waals surface area (Å²) in [5.41, 5.74) is 1.79. The number of aliphatic hydroxyl groups excluding tert-OH is 1. The molecule has 0 amide bonds. The molecule has 0 fully saturated rings. The van der Waals surface area contributed by atoms with Crippen molar-refractivity contribution in [1.82, 2.24) is 5.32 Å². The third-order valence-corrected chi connectivity index (χ3v) is 3.14. The Hall–Kier alpha value is -1.30. The first-order valence-electron chi connectivity index (χ1n) is 5.68. The summed E-state index contributed by atoms with van der Waals surface area (Å²) in [5.74, 6) is 1.43. The van der Waals surface area contributed by atoms with Crippen LogP contribution in [0.15, 0.2) is 12.1 Å². The maximum Gasteiger partial charge on any atom is 0.231 e. The average Bonchev–Trinajstić information content (AvgIpc) is 2.80. The van der Waals surface area contributed by atoms with Gasteiger partial charge in [-0.3, -0.25) is 0 Å². The molecule has 0 saturated heterocycles. The number of nitrogens with one attached hydrogen (secondary N) is 1. The van der Waals surface area contributed by atoms with E-state index in [-0.39, 0.29) is 12.9 Å². The molecular weight excluding hydrogens is 222 g/mol. The molecule has 0 aliphatic carbocycles. The van der Waals surface area contributed by atoms with Crippen molar-refractivity contribution in [3.8, 4) is 11.5 Å². The van der Waals surface area contributed by atoms with Crippen LogP contribution in [-0.2, 0) is 4.74 Å².